The van der Waals surface area contributed by atoms with Crippen LogP contribution < -0.4 is 0 Å². The molecule has 0 aromatic carbocycles. The third-order valence-corrected chi connectivity index (χ3v) is 2.22. The Balaban J connectivity index is 3.45. The standard InChI is InChI=1S/C7H5F2IN2O3/c8-7(9)6-3(2-13)4(12(14)15)1-5(10)11-6/h1,7,13H,2H2. The summed E-state index contributed by atoms with van der Waals surface area (Å²) in [5.41, 5.74) is -1.71. The van der Waals surface area contributed by atoms with Crippen LogP contribution in [-0.4, -0.2) is 15.0 Å². The minimum atomic E-state index is -2.94. The molecule has 0 aliphatic heterocycles. The van der Waals surface area contributed by atoms with Crippen LogP contribution in [0.1, 0.15) is 17.7 Å². The van der Waals surface area contributed by atoms with Crippen molar-refractivity contribution >= 4 is 28.3 Å². The average Bonchev–Trinajstić information content (AvgIpc) is 2.16. The number of hydrogen-bond donors (Lipinski definition) is 1. The number of rotatable bonds is 3. The number of aliphatic hydroxyl groups is 1. The highest BCUT2D eigenvalue weighted by atomic mass is 127. The van der Waals surface area contributed by atoms with E-state index in [2.05, 4.69) is 4.98 Å². The van der Waals surface area contributed by atoms with Gasteiger partial charge in [0.05, 0.1) is 17.1 Å². The molecule has 1 N–H and O–H groups in total. The Hall–Kier alpha value is -0.900. The number of pyridine rings is 1. The first-order valence-corrected chi connectivity index (χ1v) is 4.78. The summed E-state index contributed by atoms with van der Waals surface area (Å²) in [6, 6.07) is 1.04. The first-order chi connectivity index (χ1) is 6.97. The van der Waals surface area contributed by atoms with Crippen LogP contribution in [-0.2, 0) is 6.61 Å². The molecule has 0 aliphatic rings. The lowest BCUT2D eigenvalue weighted by atomic mass is 10.1. The van der Waals surface area contributed by atoms with Crippen LogP contribution in [0.15, 0.2) is 6.07 Å². The third kappa shape index (κ3) is 2.56. The van der Waals surface area contributed by atoms with Crippen molar-refractivity contribution in [2.75, 3.05) is 0 Å². The predicted octanol–water partition coefficient (Wildman–Crippen LogP) is 2.02. The van der Waals surface area contributed by atoms with Crippen molar-refractivity contribution in [1.29, 1.82) is 0 Å². The normalized spacial score (nSPS) is 10.7. The monoisotopic (exact) mass is 330 g/mol. The summed E-state index contributed by atoms with van der Waals surface area (Å²) in [6.45, 7) is -0.833. The van der Waals surface area contributed by atoms with Gasteiger partial charge in [0.25, 0.3) is 12.1 Å². The Morgan fingerprint density at radius 3 is 2.67 bits per heavy atom. The van der Waals surface area contributed by atoms with Gasteiger partial charge in [0, 0.05) is 6.07 Å². The van der Waals surface area contributed by atoms with E-state index in [-0.39, 0.29) is 3.70 Å². The van der Waals surface area contributed by atoms with E-state index in [0.29, 0.717) is 0 Å². The highest BCUT2D eigenvalue weighted by Crippen LogP contribution is 2.29. The van der Waals surface area contributed by atoms with Crippen LogP contribution in [0.4, 0.5) is 14.5 Å². The van der Waals surface area contributed by atoms with Gasteiger partial charge in [-0.15, -0.1) is 0 Å². The first kappa shape index (κ1) is 12.2. The van der Waals surface area contributed by atoms with Gasteiger partial charge in [-0.25, -0.2) is 13.8 Å². The summed E-state index contributed by atoms with van der Waals surface area (Å²) in [4.78, 5) is 13.2. The van der Waals surface area contributed by atoms with Gasteiger partial charge in [-0.05, 0) is 22.6 Å². The lowest BCUT2D eigenvalue weighted by Gasteiger charge is -2.06. The lowest BCUT2D eigenvalue weighted by Crippen LogP contribution is -2.05. The van der Waals surface area contributed by atoms with Gasteiger partial charge in [0.15, 0.2) is 0 Å². The van der Waals surface area contributed by atoms with Crippen molar-refractivity contribution in [3.8, 4) is 0 Å². The second-order valence-electron chi connectivity index (χ2n) is 2.54. The maximum absolute atomic E-state index is 12.4. The molecule has 0 spiro atoms. The zero-order valence-corrected chi connectivity index (χ0v) is 9.31. The van der Waals surface area contributed by atoms with E-state index >= 15 is 0 Å². The van der Waals surface area contributed by atoms with E-state index in [4.69, 9.17) is 5.11 Å². The van der Waals surface area contributed by atoms with Gasteiger partial charge in [-0.1, -0.05) is 0 Å². The maximum atomic E-state index is 12.4. The lowest BCUT2D eigenvalue weighted by molar-refractivity contribution is -0.386. The highest BCUT2D eigenvalue weighted by Gasteiger charge is 2.24. The van der Waals surface area contributed by atoms with E-state index in [1.165, 1.54) is 0 Å². The molecule has 0 saturated heterocycles. The van der Waals surface area contributed by atoms with Crippen LogP contribution in [0.3, 0.4) is 0 Å². The highest BCUT2D eigenvalue weighted by molar-refractivity contribution is 14.1. The van der Waals surface area contributed by atoms with Crippen LogP contribution >= 0.6 is 22.6 Å². The third-order valence-electron chi connectivity index (χ3n) is 1.66. The van der Waals surface area contributed by atoms with Gasteiger partial charge >= 0.3 is 0 Å². The number of nitrogens with zero attached hydrogens (tertiary/aromatic N) is 2. The van der Waals surface area contributed by atoms with Gasteiger partial charge in [-0.3, -0.25) is 10.1 Å². The van der Waals surface area contributed by atoms with Gasteiger partial charge in [0.2, 0.25) is 0 Å². The van der Waals surface area contributed by atoms with Gasteiger partial charge < -0.3 is 5.11 Å². The number of hydrogen-bond acceptors (Lipinski definition) is 4. The number of aromatic nitrogens is 1. The summed E-state index contributed by atoms with van der Waals surface area (Å²) >= 11 is 1.60. The summed E-state index contributed by atoms with van der Waals surface area (Å²) in [5.74, 6) is 0. The van der Waals surface area contributed by atoms with Crippen molar-refractivity contribution in [2.45, 2.75) is 13.0 Å². The molecule has 0 unspecified atom stereocenters. The zero-order chi connectivity index (χ0) is 11.6. The summed E-state index contributed by atoms with van der Waals surface area (Å²) in [6.07, 6.45) is -2.94. The van der Waals surface area contributed by atoms with E-state index in [1.54, 1.807) is 22.6 Å². The van der Waals surface area contributed by atoms with Crippen LogP contribution in [0.25, 0.3) is 0 Å². The molecule has 0 atom stereocenters. The Bertz CT molecular complexity index is 400. The Morgan fingerprint density at radius 1 is 1.67 bits per heavy atom. The molecule has 0 saturated carbocycles. The largest absolute Gasteiger partial charge is 0.391 e. The molecule has 0 fully saturated rings. The Kier molecular flexibility index (Phi) is 3.85. The van der Waals surface area contributed by atoms with Crippen LogP contribution in [0.2, 0.25) is 0 Å². The molecule has 0 radical (unpaired) electrons. The molecule has 1 rings (SSSR count). The topological polar surface area (TPSA) is 76.3 Å². The minimum Gasteiger partial charge on any atom is -0.391 e. The van der Waals surface area contributed by atoms with Crippen molar-refractivity contribution in [3.05, 3.63) is 31.1 Å². The zero-order valence-electron chi connectivity index (χ0n) is 7.15. The van der Waals surface area contributed by atoms with Gasteiger partial charge in [-0.2, -0.15) is 0 Å². The molecule has 8 heteroatoms. The Morgan fingerprint density at radius 2 is 2.27 bits per heavy atom. The molecule has 1 aromatic heterocycles. The second-order valence-corrected chi connectivity index (χ2v) is 3.65. The molecule has 1 heterocycles. The Labute approximate surface area is 96.4 Å². The van der Waals surface area contributed by atoms with Gasteiger partial charge in [0.1, 0.15) is 9.39 Å². The van der Waals surface area contributed by atoms with Crippen molar-refractivity contribution in [1.82, 2.24) is 4.98 Å². The fourth-order valence-corrected chi connectivity index (χ4v) is 1.61. The summed E-state index contributed by atoms with van der Waals surface area (Å²) < 4.78 is 25.0. The quantitative estimate of drug-likeness (QED) is 0.398. The smallest absolute Gasteiger partial charge is 0.281 e. The first-order valence-electron chi connectivity index (χ1n) is 3.70. The number of aliphatic hydroxyl groups excluding tert-OH is 1. The summed E-state index contributed by atoms with van der Waals surface area (Å²) in [7, 11) is 0. The number of halogens is 3. The minimum absolute atomic E-state index is 0.0896. The number of alkyl halides is 2. The molecule has 5 nitrogen and oxygen atoms in total. The predicted molar refractivity (Wildman–Crippen MR) is 54.5 cm³/mol. The van der Waals surface area contributed by atoms with Crippen molar-refractivity contribution in [3.63, 3.8) is 0 Å². The van der Waals surface area contributed by atoms with E-state index in [1.807, 2.05) is 0 Å². The SMILES string of the molecule is O=[N+]([O-])c1cc(I)nc(C(F)F)c1CO. The van der Waals surface area contributed by atoms with Crippen LogP contribution in [0, 0.1) is 13.8 Å². The molecule has 0 amide bonds. The van der Waals surface area contributed by atoms with Crippen LogP contribution in [0.5, 0.6) is 0 Å². The fourth-order valence-electron chi connectivity index (χ4n) is 1.05. The molecular formula is C7H5F2IN2O3. The summed E-state index contributed by atoms with van der Waals surface area (Å²) in [5, 5.41) is 19.3. The maximum Gasteiger partial charge on any atom is 0.281 e. The molecular weight excluding hydrogens is 325 g/mol. The molecule has 82 valence electrons. The molecule has 0 bridgehead atoms. The molecule has 1 aromatic rings. The van der Waals surface area contributed by atoms with E-state index < -0.39 is 34.9 Å². The molecule has 15 heavy (non-hydrogen) atoms. The molecule has 0 aliphatic carbocycles. The fraction of sp³-hybridized carbons (Fsp3) is 0.286. The van der Waals surface area contributed by atoms with Crippen molar-refractivity contribution in [2.24, 2.45) is 0 Å². The number of nitro groups is 1. The average molecular weight is 330 g/mol. The van der Waals surface area contributed by atoms with E-state index in [0.717, 1.165) is 6.07 Å². The second kappa shape index (κ2) is 4.75. The van der Waals surface area contributed by atoms with Crippen molar-refractivity contribution < 1.29 is 18.8 Å². The van der Waals surface area contributed by atoms with E-state index in [9.17, 15) is 18.9 Å².